The van der Waals surface area contributed by atoms with E-state index in [1.807, 2.05) is 24.4 Å². The van der Waals surface area contributed by atoms with Gasteiger partial charge in [-0.05, 0) is 58.1 Å². The van der Waals surface area contributed by atoms with Crippen molar-refractivity contribution in [2.45, 2.75) is 6.92 Å². The molecule has 106 valence electrons. The number of halogens is 2. The third-order valence-corrected chi connectivity index (χ3v) is 5.26. The van der Waals surface area contributed by atoms with Gasteiger partial charge in [0.15, 0.2) is 0 Å². The monoisotopic (exact) mass is 425 g/mol. The van der Waals surface area contributed by atoms with Gasteiger partial charge in [-0.1, -0.05) is 15.9 Å². The average Bonchev–Trinajstić information content (AvgIpc) is 2.84. The fourth-order valence-corrected chi connectivity index (χ4v) is 4.38. The molecule has 0 spiro atoms. The van der Waals surface area contributed by atoms with E-state index in [-0.39, 0.29) is 5.56 Å². The molecule has 3 rings (SSSR count). The van der Waals surface area contributed by atoms with Crippen LogP contribution in [0.15, 0.2) is 38.6 Å². The van der Waals surface area contributed by atoms with Gasteiger partial charge in [0.25, 0.3) is 0 Å². The van der Waals surface area contributed by atoms with Crippen LogP contribution >= 0.6 is 43.2 Å². The van der Waals surface area contributed by atoms with Crippen LogP contribution in [0.5, 0.6) is 0 Å². The van der Waals surface area contributed by atoms with E-state index < -0.39 is 5.97 Å². The Bertz CT molecular complexity index is 873. The second-order valence-corrected chi connectivity index (χ2v) is 7.26. The van der Waals surface area contributed by atoms with Gasteiger partial charge in [-0.2, -0.15) is 0 Å². The van der Waals surface area contributed by atoms with Gasteiger partial charge >= 0.3 is 5.97 Å². The smallest absolute Gasteiger partial charge is 0.336 e. The van der Waals surface area contributed by atoms with Crippen LogP contribution in [-0.2, 0) is 0 Å². The van der Waals surface area contributed by atoms with Crippen LogP contribution in [-0.4, -0.2) is 16.1 Å². The Morgan fingerprint density at radius 2 is 2.05 bits per heavy atom. The van der Waals surface area contributed by atoms with Gasteiger partial charge in [-0.15, -0.1) is 11.3 Å². The molecule has 0 aliphatic heterocycles. The highest BCUT2D eigenvalue weighted by molar-refractivity contribution is 9.11. The average molecular weight is 427 g/mol. The Labute approximate surface area is 141 Å². The second-order valence-electron chi connectivity index (χ2n) is 4.58. The number of hydrogen-bond acceptors (Lipinski definition) is 3. The van der Waals surface area contributed by atoms with Crippen molar-refractivity contribution in [3.63, 3.8) is 0 Å². The molecule has 1 aromatic carbocycles. The maximum Gasteiger partial charge on any atom is 0.336 e. The third-order valence-electron chi connectivity index (χ3n) is 3.16. The maximum absolute atomic E-state index is 11.6. The van der Waals surface area contributed by atoms with Crippen LogP contribution in [0.3, 0.4) is 0 Å². The number of aromatic carboxylic acids is 1. The van der Waals surface area contributed by atoms with Crippen molar-refractivity contribution in [3.05, 3.63) is 49.7 Å². The van der Waals surface area contributed by atoms with Crippen LogP contribution in [0.2, 0.25) is 0 Å². The van der Waals surface area contributed by atoms with Crippen molar-refractivity contribution in [2.24, 2.45) is 0 Å². The summed E-state index contributed by atoms with van der Waals surface area (Å²) >= 11 is 8.41. The zero-order valence-electron chi connectivity index (χ0n) is 10.9. The SMILES string of the molecule is Cc1ccsc1-c1cc(C(=O)O)c2cc(Br)cc(Br)c2n1. The Hall–Kier alpha value is -1.24. The van der Waals surface area contributed by atoms with Crippen molar-refractivity contribution in [3.8, 4) is 10.6 Å². The maximum atomic E-state index is 11.6. The number of benzene rings is 1. The van der Waals surface area contributed by atoms with Crippen molar-refractivity contribution < 1.29 is 9.90 Å². The number of pyridine rings is 1. The first-order valence-electron chi connectivity index (χ1n) is 6.05. The van der Waals surface area contributed by atoms with Gasteiger partial charge in [-0.3, -0.25) is 0 Å². The number of carboxylic acid groups (broad SMARTS) is 1. The predicted octanol–water partition coefficient (Wildman–Crippen LogP) is 5.49. The second kappa shape index (κ2) is 5.51. The van der Waals surface area contributed by atoms with Crippen molar-refractivity contribution in [1.82, 2.24) is 4.98 Å². The summed E-state index contributed by atoms with van der Waals surface area (Å²) in [5.41, 5.74) is 2.69. The van der Waals surface area contributed by atoms with Gasteiger partial charge in [-0.25, -0.2) is 9.78 Å². The number of aromatic nitrogens is 1. The van der Waals surface area contributed by atoms with E-state index in [1.165, 1.54) is 0 Å². The molecule has 0 bridgehead atoms. The summed E-state index contributed by atoms with van der Waals surface area (Å²) < 4.78 is 1.58. The summed E-state index contributed by atoms with van der Waals surface area (Å²) in [5, 5.41) is 12.1. The molecule has 0 saturated heterocycles. The molecular weight excluding hydrogens is 418 g/mol. The van der Waals surface area contributed by atoms with Gasteiger partial charge in [0, 0.05) is 14.3 Å². The summed E-state index contributed by atoms with van der Waals surface area (Å²) in [4.78, 5) is 17.2. The van der Waals surface area contributed by atoms with E-state index in [0.717, 1.165) is 19.4 Å². The Morgan fingerprint density at radius 1 is 1.29 bits per heavy atom. The standard InChI is InChI=1S/C15H9Br2NO2S/c1-7-2-3-21-14(7)12-6-10(15(19)20)9-4-8(16)5-11(17)13(9)18-12/h2-6H,1H3,(H,19,20). The van der Waals surface area contributed by atoms with E-state index in [4.69, 9.17) is 0 Å². The summed E-state index contributed by atoms with van der Waals surface area (Å²) in [6.07, 6.45) is 0. The first-order chi connectivity index (χ1) is 9.97. The predicted molar refractivity (Wildman–Crippen MR) is 92.2 cm³/mol. The minimum Gasteiger partial charge on any atom is -0.478 e. The molecule has 6 heteroatoms. The summed E-state index contributed by atoms with van der Waals surface area (Å²) in [7, 11) is 0. The molecule has 2 heterocycles. The molecule has 0 aliphatic carbocycles. The van der Waals surface area contributed by atoms with E-state index in [1.54, 1.807) is 23.5 Å². The number of rotatable bonds is 2. The molecule has 0 aliphatic rings. The fourth-order valence-electron chi connectivity index (χ4n) is 2.18. The van der Waals surface area contributed by atoms with Crippen LogP contribution in [0.25, 0.3) is 21.5 Å². The quantitative estimate of drug-likeness (QED) is 0.588. The number of carboxylic acids is 1. The Balaban J connectivity index is 2.40. The number of fused-ring (bicyclic) bond motifs is 1. The first-order valence-corrected chi connectivity index (χ1v) is 8.51. The molecule has 1 N–H and O–H groups in total. The molecule has 2 aromatic heterocycles. The lowest BCUT2D eigenvalue weighted by molar-refractivity contribution is 0.0699. The number of aryl methyl sites for hydroxylation is 1. The molecule has 0 saturated carbocycles. The van der Waals surface area contributed by atoms with Crippen LogP contribution < -0.4 is 0 Å². The highest BCUT2D eigenvalue weighted by atomic mass is 79.9. The molecule has 21 heavy (non-hydrogen) atoms. The minimum absolute atomic E-state index is 0.254. The number of nitrogens with zero attached hydrogens (tertiary/aromatic N) is 1. The van der Waals surface area contributed by atoms with Crippen molar-refractivity contribution >= 4 is 60.1 Å². The topological polar surface area (TPSA) is 50.2 Å². The highest BCUT2D eigenvalue weighted by Crippen LogP contribution is 2.34. The molecule has 0 amide bonds. The largest absolute Gasteiger partial charge is 0.478 e. The highest BCUT2D eigenvalue weighted by Gasteiger charge is 2.16. The zero-order valence-corrected chi connectivity index (χ0v) is 14.8. The molecule has 0 atom stereocenters. The number of carbonyl (C=O) groups is 1. The lowest BCUT2D eigenvalue weighted by atomic mass is 10.1. The lowest BCUT2D eigenvalue weighted by Crippen LogP contribution is -2.00. The summed E-state index contributed by atoms with van der Waals surface area (Å²) in [6, 6.07) is 7.29. The van der Waals surface area contributed by atoms with Gasteiger partial charge in [0.2, 0.25) is 0 Å². The van der Waals surface area contributed by atoms with Crippen molar-refractivity contribution in [2.75, 3.05) is 0 Å². The number of hydrogen-bond donors (Lipinski definition) is 1. The van der Waals surface area contributed by atoms with E-state index in [0.29, 0.717) is 16.6 Å². The van der Waals surface area contributed by atoms with Gasteiger partial charge in [0.1, 0.15) is 0 Å². The lowest BCUT2D eigenvalue weighted by Gasteiger charge is -2.09. The Morgan fingerprint density at radius 3 is 2.67 bits per heavy atom. The summed E-state index contributed by atoms with van der Waals surface area (Å²) in [5.74, 6) is -0.956. The van der Waals surface area contributed by atoms with Crippen molar-refractivity contribution in [1.29, 1.82) is 0 Å². The molecule has 0 radical (unpaired) electrons. The minimum atomic E-state index is -0.956. The molecular formula is C15H9Br2NO2S. The fraction of sp³-hybridized carbons (Fsp3) is 0.0667. The van der Waals surface area contributed by atoms with Crippen LogP contribution in [0.1, 0.15) is 15.9 Å². The summed E-state index contributed by atoms with van der Waals surface area (Å²) in [6.45, 7) is 1.99. The van der Waals surface area contributed by atoms with Crippen LogP contribution in [0, 0.1) is 6.92 Å². The zero-order chi connectivity index (χ0) is 15.1. The van der Waals surface area contributed by atoms with Gasteiger partial charge in [0.05, 0.1) is 21.7 Å². The first kappa shape index (κ1) is 14.7. The molecule has 3 aromatic rings. The van der Waals surface area contributed by atoms with E-state index in [9.17, 15) is 9.90 Å². The molecule has 0 unspecified atom stereocenters. The number of thiophene rings is 1. The molecule has 0 fully saturated rings. The third kappa shape index (κ3) is 2.63. The molecule has 3 nitrogen and oxygen atoms in total. The normalized spacial score (nSPS) is 11.0. The van der Waals surface area contributed by atoms with E-state index >= 15 is 0 Å². The van der Waals surface area contributed by atoms with E-state index in [2.05, 4.69) is 36.8 Å². The Kier molecular flexibility index (Phi) is 3.86. The van der Waals surface area contributed by atoms with Crippen LogP contribution in [0.4, 0.5) is 0 Å². The van der Waals surface area contributed by atoms with Gasteiger partial charge < -0.3 is 5.11 Å².